The number of thiophene rings is 1. The number of rotatable bonds is 4. The van der Waals surface area contributed by atoms with Gasteiger partial charge in [0, 0.05) is 56.9 Å². The van der Waals surface area contributed by atoms with Gasteiger partial charge in [0.25, 0.3) is 5.91 Å². The zero-order valence-corrected chi connectivity index (χ0v) is 22.2. The van der Waals surface area contributed by atoms with Crippen molar-refractivity contribution in [1.82, 2.24) is 25.0 Å². The lowest BCUT2D eigenvalue weighted by Gasteiger charge is -2.45. The summed E-state index contributed by atoms with van der Waals surface area (Å²) >= 11 is 1.32. The van der Waals surface area contributed by atoms with E-state index in [0.717, 1.165) is 62.0 Å². The number of aromatic nitrogens is 1. The lowest BCUT2D eigenvalue weighted by Crippen LogP contribution is -2.54. The first kappa shape index (κ1) is 25.0. The van der Waals surface area contributed by atoms with Crippen molar-refractivity contribution in [2.75, 3.05) is 45.1 Å². The van der Waals surface area contributed by atoms with E-state index >= 15 is 0 Å². The van der Waals surface area contributed by atoms with Crippen molar-refractivity contribution in [3.8, 4) is 0 Å². The lowest BCUT2D eigenvalue weighted by molar-refractivity contribution is -0.140. The maximum atomic E-state index is 13.7. The first-order valence-electron chi connectivity index (χ1n) is 13.0. The normalized spacial score (nSPS) is 23.7. The van der Waals surface area contributed by atoms with E-state index < -0.39 is 0 Å². The molecule has 194 valence electrons. The molecule has 2 aromatic rings. The third-order valence-corrected chi connectivity index (χ3v) is 9.21. The first-order valence-corrected chi connectivity index (χ1v) is 13.9. The number of fused-ring (bicyclic) bond motifs is 1. The Morgan fingerprint density at radius 1 is 1.17 bits per heavy atom. The molecule has 2 N–H and O–H groups in total. The second kappa shape index (κ2) is 9.97. The van der Waals surface area contributed by atoms with Crippen LogP contribution in [0, 0.1) is 5.41 Å². The number of hydrogen-bond acceptors (Lipinski definition) is 6. The minimum Gasteiger partial charge on any atom is -0.341 e. The Balaban J connectivity index is 1.27. The van der Waals surface area contributed by atoms with Gasteiger partial charge in [0.05, 0.1) is 11.0 Å². The van der Waals surface area contributed by atoms with E-state index in [-0.39, 0.29) is 23.4 Å². The molecule has 0 aromatic carbocycles. The van der Waals surface area contributed by atoms with Crippen LogP contribution < -0.4 is 10.6 Å². The molecule has 10 heteroatoms. The van der Waals surface area contributed by atoms with Crippen LogP contribution in [0.2, 0.25) is 0 Å². The van der Waals surface area contributed by atoms with Crippen LogP contribution in [0.25, 0.3) is 10.2 Å². The fourth-order valence-electron chi connectivity index (χ4n) is 6.19. The quantitative estimate of drug-likeness (QED) is 0.655. The molecule has 9 nitrogen and oxygen atoms in total. The number of nitrogens with zero attached hydrogens (tertiary/aromatic N) is 4. The molecular formula is C26H36N6O3S. The maximum absolute atomic E-state index is 13.7. The third kappa shape index (κ3) is 4.45. The average Bonchev–Trinajstić information content (AvgIpc) is 3.40. The van der Waals surface area contributed by atoms with E-state index in [9.17, 15) is 14.4 Å². The standard InChI is InChI=1S/C26H36N6O3S/c1-17(2)32-15-10-26(24(32)34)9-5-12-31(16-26)18-7-13-30(14-8-18)23(33)20-19-6-4-11-28-21(19)36-22(20)29-25(35)27-3/h4,6,11,17-18H,5,7-10,12-16H2,1-3H3,(H2,27,29,35). The molecule has 0 bridgehead atoms. The summed E-state index contributed by atoms with van der Waals surface area (Å²) in [5.74, 6) is 0.275. The number of urea groups is 1. The topological polar surface area (TPSA) is 97.9 Å². The average molecular weight is 513 g/mol. The highest BCUT2D eigenvalue weighted by Crippen LogP contribution is 2.42. The van der Waals surface area contributed by atoms with Crippen LogP contribution in [0.15, 0.2) is 18.3 Å². The van der Waals surface area contributed by atoms with Crippen molar-refractivity contribution in [2.24, 2.45) is 5.41 Å². The molecule has 3 saturated heterocycles. The van der Waals surface area contributed by atoms with E-state index in [1.165, 1.54) is 11.3 Å². The maximum Gasteiger partial charge on any atom is 0.319 e. The van der Waals surface area contributed by atoms with Gasteiger partial charge in [-0.05, 0) is 64.6 Å². The van der Waals surface area contributed by atoms with E-state index in [1.807, 2.05) is 17.0 Å². The summed E-state index contributed by atoms with van der Waals surface area (Å²) in [6.45, 7) is 8.27. The Morgan fingerprint density at radius 2 is 1.94 bits per heavy atom. The Bertz CT molecular complexity index is 1160. The molecule has 3 aliphatic heterocycles. The van der Waals surface area contributed by atoms with Crippen LogP contribution in [0.1, 0.15) is 56.3 Å². The van der Waals surface area contributed by atoms with E-state index in [2.05, 4.69) is 39.3 Å². The molecule has 0 radical (unpaired) electrons. The molecular weight excluding hydrogens is 476 g/mol. The van der Waals surface area contributed by atoms with Gasteiger partial charge in [0.1, 0.15) is 9.83 Å². The summed E-state index contributed by atoms with van der Waals surface area (Å²) < 4.78 is 0. The monoisotopic (exact) mass is 512 g/mol. The SMILES string of the molecule is CNC(=O)Nc1sc2ncccc2c1C(=O)N1CCC(N2CCCC3(CCN(C(C)C)C3=O)C2)CC1. The molecule has 1 spiro atoms. The number of pyridine rings is 1. The van der Waals surface area contributed by atoms with Crippen LogP contribution in [0.4, 0.5) is 9.80 Å². The zero-order valence-electron chi connectivity index (χ0n) is 21.4. The van der Waals surface area contributed by atoms with E-state index in [4.69, 9.17) is 0 Å². The Morgan fingerprint density at radius 3 is 2.64 bits per heavy atom. The summed E-state index contributed by atoms with van der Waals surface area (Å²) in [5.41, 5.74) is 0.297. The minimum absolute atomic E-state index is 0.0623. The Hall–Kier alpha value is -2.72. The van der Waals surface area contributed by atoms with E-state index in [1.54, 1.807) is 13.2 Å². The summed E-state index contributed by atoms with van der Waals surface area (Å²) in [7, 11) is 1.55. The van der Waals surface area contributed by atoms with Crippen molar-refractivity contribution in [3.63, 3.8) is 0 Å². The lowest BCUT2D eigenvalue weighted by atomic mass is 9.77. The number of nitrogens with one attached hydrogen (secondary N) is 2. The van der Waals surface area contributed by atoms with Crippen molar-refractivity contribution in [1.29, 1.82) is 0 Å². The molecule has 3 fully saturated rings. The zero-order chi connectivity index (χ0) is 25.4. The molecule has 0 aliphatic carbocycles. The second-order valence-electron chi connectivity index (χ2n) is 10.6. The van der Waals surface area contributed by atoms with Crippen molar-refractivity contribution in [2.45, 2.75) is 58.0 Å². The predicted octanol–water partition coefficient (Wildman–Crippen LogP) is 3.38. The molecule has 4 amide bonds. The number of likely N-dealkylation sites (tertiary alicyclic amines) is 3. The largest absolute Gasteiger partial charge is 0.341 e. The molecule has 2 aromatic heterocycles. The Labute approximate surface area is 216 Å². The van der Waals surface area contributed by atoms with Crippen molar-refractivity contribution < 1.29 is 14.4 Å². The van der Waals surface area contributed by atoms with Crippen LogP contribution in [0.5, 0.6) is 0 Å². The van der Waals surface area contributed by atoms with Gasteiger partial charge in [0.2, 0.25) is 5.91 Å². The first-order chi connectivity index (χ1) is 17.3. The highest BCUT2D eigenvalue weighted by molar-refractivity contribution is 7.23. The van der Waals surface area contributed by atoms with Gasteiger partial charge >= 0.3 is 6.03 Å². The van der Waals surface area contributed by atoms with Gasteiger partial charge in [-0.15, -0.1) is 0 Å². The molecule has 0 saturated carbocycles. The fraction of sp³-hybridized carbons (Fsp3) is 0.615. The van der Waals surface area contributed by atoms with Gasteiger partial charge in [-0.25, -0.2) is 9.78 Å². The number of carbonyl (C=O) groups excluding carboxylic acids is 3. The van der Waals surface area contributed by atoms with Crippen LogP contribution in [-0.4, -0.2) is 89.4 Å². The highest BCUT2D eigenvalue weighted by Gasteiger charge is 2.50. The van der Waals surface area contributed by atoms with Gasteiger partial charge < -0.3 is 15.1 Å². The number of anilines is 1. The molecule has 1 atom stereocenters. The summed E-state index contributed by atoms with van der Waals surface area (Å²) in [6.07, 6.45) is 6.48. The van der Waals surface area contributed by atoms with Crippen LogP contribution in [0.3, 0.4) is 0 Å². The molecule has 36 heavy (non-hydrogen) atoms. The van der Waals surface area contributed by atoms with Crippen molar-refractivity contribution in [3.05, 3.63) is 23.9 Å². The fourth-order valence-corrected chi connectivity index (χ4v) is 7.22. The molecule has 5 rings (SSSR count). The van der Waals surface area contributed by atoms with Gasteiger partial charge in [-0.3, -0.25) is 19.8 Å². The van der Waals surface area contributed by atoms with Gasteiger partial charge in [-0.2, -0.15) is 0 Å². The molecule has 5 heterocycles. The summed E-state index contributed by atoms with van der Waals surface area (Å²) in [5, 5.41) is 6.67. The van der Waals surface area contributed by atoms with Gasteiger partial charge in [0.15, 0.2) is 0 Å². The smallest absolute Gasteiger partial charge is 0.319 e. The van der Waals surface area contributed by atoms with Gasteiger partial charge in [-0.1, -0.05) is 11.3 Å². The molecule has 3 aliphatic rings. The summed E-state index contributed by atoms with van der Waals surface area (Å²) in [6, 6.07) is 3.99. The predicted molar refractivity (Wildman–Crippen MR) is 141 cm³/mol. The Kier molecular flexibility index (Phi) is 6.91. The van der Waals surface area contributed by atoms with Crippen molar-refractivity contribution >= 4 is 44.4 Å². The van der Waals surface area contributed by atoms with E-state index in [0.29, 0.717) is 35.6 Å². The minimum atomic E-state index is -0.356. The van der Waals surface area contributed by atoms with Crippen LogP contribution >= 0.6 is 11.3 Å². The molecule has 1 unspecified atom stereocenters. The third-order valence-electron chi connectivity index (χ3n) is 8.18. The number of carbonyl (C=O) groups is 3. The number of hydrogen-bond donors (Lipinski definition) is 2. The second-order valence-corrected chi connectivity index (χ2v) is 11.6. The summed E-state index contributed by atoms with van der Waals surface area (Å²) in [4.78, 5) is 50.6. The highest BCUT2D eigenvalue weighted by atomic mass is 32.1. The number of piperidine rings is 2. The number of amides is 4. The van der Waals surface area contributed by atoms with Crippen LogP contribution in [-0.2, 0) is 4.79 Å².